The maximum atomic E-state index is 13.0. The lowest BCUT2D eigenvalue weighted by Gasteiger charge is -2.28. The van der Waals surface area contributed by atoms with Gasteiger partial charge in [-0.25, -0.2) is 19.4 Å². The Bertz CT molecular complexity index is 1280. The number of nitrogens with one attached hydrogen (secondary N) is 2. The molecule has 0 aromatic heterocycles. The number of carbonyl (C=O) groups excluding carboxylic acids is 4. The van der Waals surface area contributed by atoms with Gasteiger partial charge >= 0.3 is 18.3 Å². The van der Waals surface area contributed by atoms with Gasteiger partial charge < -0.3 is 34.5 Å². The molecule has 0 heterocycles. The van der Waals surface area contributed by atoms with Crippen molar-refractivity contribution in [1.29, 1.82) is 0 Å². The molecule has 0 aliphatic rings. The van der Waals surface area contributed by atoms with Gasteiger partial charge in [-0.1, -0.05) is 42.5 Å². The summed E-state index contributed by atoms with van der Waals surface area (Å²) in [6, 6.07) is 15.0. The van der Waals surface area contributed by atoms with Crippen molar-refractivity contribution in [2.45, 2.75) is 78.4 Å². The predicted molar refractivity (Wildman–Crippen MR) is 171 cm³/mol. The highest BCUT2D eigenvalue weighted by molar-refractivity contribution is 5.85. The van der Waals surface area contributed by atoms with Crippen LogP contribution < -0.4 is 15.4 Å². The van der Waals surface area contributed by atoms with E-state index in [2.05, 4.69) is 10.6 Å². The van der Waals surface area contributed by atoms with E-state index >= 15 is 0 Å². The molecule has 0 spiro atoms. The van der Waals surface area contributed by atoms with E-state index in [1.165, 1.54) is 19.1 Å². The Balaban J connectivity index is 2.07. The van der Waals surface area contributed by atoms with Crippen molar-refractivity contribution in [2.24, 2.45) is 0 Å². The van der Waals surface area contributed by atoms with Crippen LogP contribution in [-0.4, -0.2) is 85.2 Å². The van der Waals surface area contributed by atoms with Gasteiger partial charge in [-0.15, -0.1) is 0 Å². The second-order valence-electron chi connectivity index (χ2n) is 12.4. The van der Waals surface area contributed by atoms with E-state index in [9.17, 15) is 19.2 Å². The summed E-state index contributed by atoms with van der Waals surface area (Å²) < 4.78 is 22.0. The van der Waals surface area contributed by atoms with Gasteiger partial charge in [0, 0.05) is 26.7 Å². The quantitative estimate of drug-likeness (QED) is 0.164. The van der Waals surface area contributed by atoms with Crippen molar-refractivity contribution in [3.8, 4) is 5.75 Å². The first-order valence-corrected chi connectivity index (χ1v) is 15.0. The highest BCUT2D eigenvalue weighted by atomic mass is 16.7. The van der Waals surface area contributed by atoms with Crippen LogP contribution in [0.1, 0.15) is 59.1 Å². The van der Waals surface area contributed by atoms with E-state index in [4.69, 9.17) is 23.8 Å². The summed E-state index contributed by atoms with van der Waals surface area (Å²) in [7, 11) is 2.75. The van der Waals surface area contributed by atoms with E-state index in [1.54, 1.807) is 59.7 Å². The smallest absolute Gasteiger partial charge is 0.410 e. The van der Waals surface area contributed by atoms with Crippen molar-refractivity contribution in [3.63, 3.8) is 0 Å². The second kappa shape index (κ2) is 17.8. The molecular formula is C33H48N4O9. The lowest BCUT2D eigenvalue weighted by Crippen LogP contribution is -2.50. The highest BCUT2D eigenvalue weighted by Gasteiger charge is 2.27. The van der Waals surface area contributed by atoms with Crippen LogP contribution in [0.3, 0.4) is 0 Å². The molecular weight excluding hydrogens is 596 g/mol. The van der Waals surface area contributed by atoms with Crippen molar-refractivity contribution in [1.82, 2.24) is 20.6 Å². The molecule has 2 rings (SSSR count). The molecule has 0 saturated carbocycles. The Labute approximate surface area is 271 Å². The first-order valence-electron chi connectivity index (χ1n) is 15.0. The lowest BCUT2D eigenvalue weighted by molar-refractivity contribution is -0.171. The van der Waals surface area contributed by atoms with Gasteiger partial charge in [0.15, 0.2) is 0 Å². The molecule has 2 aromatic carbocycles. The molecule has 13 heteroatoms. The van der Waals surface area contributed by atoms with Crippen molar-refractivity contribution in [3.05, 3.63) is 65.7 Å². The van der Waals surface area contributed by atoms with Crippen molar-refractivity contribution >= 4 is 24.2 Å². The lowest BCUT2D eigenvalue weighted by atomic mass is 10.2. The van der Waals surface area contributed by atoms with Gasteiger partial charge in [0.05, 0.1) is 7.11 Å². The van der Waals surface area contributed by atoms with Gasteiger partial charge in [-0.2, -0.15) is 0 Å². The Hall–Kier alpha value is -4.52. The largest absolute Gasteiger partial charge is 0.491 e. The van der Waals surface area contributed by atoms with Gasteiger partial charge in [-0.3, -0.25) is 9.63 Å². The normalized spacial score (nSPS) is 11.9. The van der Waals surface area contributed by atoms with Crippen molar-refractivity contribution < 1.29 is 43.0 Å². The molecule has 13 nitrogen and oxygen atoms in total. The molecule has 0 aliphatic carbocycles. The summed E-state index contributed by atoms with van der Waals surface area (Å²) in [6.45, 7) is 11.3. The third-order valence-electron chi connectivity index (χ3n) is 6.00. The summed E-state index contributed by atoms with van der Waals surface area (Å²) in [6.07, 6.45) is -1.38. The molecule has 2 N–H and O–H groups in total. The minimum absolute atomic E-state index is 0.0296. The minimum Gasteiger partial charge on any atom is -0.491 e. The van der Waals surface area contributed by atoms with E-state index in [-0.39, 0.29) is 19.8 Å². The van der Waals surface area contributed by atoms with Crippen LogP contribution in [0.25, 0.3) is 0 Å². The average molecular weight is 645 g/mol. The maximum Gasteiger partial charge on any atom is 0.410 e. The predicted octanol–water partition coefficient (Wildman–Crippen LogP) is 5.03. The molecule has 1 atom stereocenters. The van der Waals surface area contributed by atoms with Crippen LogP contribution >= 0.6 is 0 Å². The number of benzene rings is 2. The Morgan fingerprint density at radius 2 is 1.50 bits per heavy atom. The molecule has 46 heavy (non-hydrogen) atoms. The molecule has 254 valence electrons. The van der Waals surface area contributed by atoms with Crippen LogP contribution in [-0.2, 0) is 37.0 Å². The van der Waals surface area contributed by atoms with Crippen LogP contribution in [0.15, 0.2) is 54.6 Å². The number of nitrogens with zero attached hydrogens (tertiary/aromatic N) is 2. The Morgan fingerprint density at radius 1 is 0.848 bits per heavy atom. The molecule has 2 aromatic rings. The van der Waals surface area contributed by atoms with Crippen LogP contribution in [0.5, 0.6) is 5.75 Å². The van der Waals surface area contributed by atoms with Crippen LogP contribution in [0.4, 0.5) is 14.4 Å². The number of ether oxygens (including phenoxy) is 4. The molecule has 0 radical (unpaired) electrons. The number of likely N-dealkylation sites (N-methyl/N-ethyl adjacent to an activating group) is 1. The number of carbonyl (C=O) groups is 4. The molecule has 0 aliphatic heterocycles. The molecule has 0 fully saturated rings. The number of hydrogen-bond acceptors (Lipinski definition) is 9. The Morgan fingerprint density at radius 3 is 2.13 bits per heavy atom. The molecule has 0 bridgehead atoms. The second-order valence-corrected chi connectivity index (χ2v) is 12.4. The van der Waals surface area contributed by atoms with Crippen LogP contribution in [0, 0.1) is 0 Å². The summed E-state index contributed by atoms with van der Waals surface area (Å²) >= 11 is 0. The fourth-order valence-corrected chi connectivity index (χ4v) is 3.86. The number of hydrogen-bond donors (Lipinski definition) is 2. The summed E-state index contributed by atoms with van der Waals surface area (Å²) in [5, 5.41) is 6.22. The van der Waals surface area contributed by atoms with E-state index < -0.39 is 41.4 Å². The maximum absolute atomic E-state index is 13.0. The third kappa shape index (κ3) is 15.0. The highest BCUT2D eigenvalue weighted by Crippen LogP contribution is 2.18. The first-order chi connectivity index (χ1) is 21.6. The van der Waals surface area contributed by atoms with Gasteiger partial charge in [0.1, 0.15) is 36.2 Å². The third-order valence-corrected chi connectivity index (χ3v) is 6.00. The van der Waals surface area contributed by atoms with Crippen LogP contribution in [0.2, 0.25) is 0 Å². The summed E-state index contributed by atoms with van der Waals surface area (Å²) in [4.78, 5) is 57.0. The van der Waals surface area contributed by atoms with E-state index in [0.29, 0.717) is 25.3 Å². The topological polar surface area (TPSA) is 145 Å². The summed E-state index contributed by atoms with van der Waals surface area (Å²) in [5.74, 6) is -0.142. The number of hydroxylamine groups is 2. The van der Waals surface area contributed by atoms with Crippen molar-refractivity contribution in [2.75, 3.05) is 33.9 Å². The number of rotatable bonds is 14. The van der Waals surface area contributed by atoms with E-state index in [1.807, 2.05) is 36.4 Å². The minimum atomic E-state index is -1.12. The fraction of sp³-hybridized carbons (Fsp3) is 0.515. The van der Waals surface area contributed by atoms with Gasteiger partial charge in [0.25, 0.3) is 5.91 Å². The zero-order valence-electron chi connectivity index (χ0n) is 28.1. The zero-order valence-corrected chi connectivity index (χ0v) is 28.1. The zero-order chi connectivity index (χ0) is 34.3. The van der Waals surface area contributed by atoms with E-state index in [0.717, 1.165) is 16.2 Å². The van der Waals surface area contributed by atoms with Gasteiger partial charge in [-0.05, 0) is 71.2 Å². The SMILES string of the molecule is CON(C)C(=O)[C@H](COc1cccc(CN(CCCNC(=O)OC(C)(C)C)C(=O)OC(C)(C)C)c1)NC(=O)OCc1ccccc1. The fourth-order valence-electron chi connectivity index (χ4n) is 3.86. The van der Waals surface area contributed by atoms with Gasteiger partial charge in [0.2, 0.25) is 0 Å². The Kier molecular flexibility index (Phi) is 14.6. The standard InChI is InChI=1S/C33H48N4O9/c1-32(2,3)45-29(39)34-18-13-19-37(31(41)46-33(4,5)6)21-25-16-12-17-26(20-25)43-23-27(28(38)36(7)42-8)35-30(40)44-22-24-14-10-9-11-15-24/h9-12,14-17,20,27H,13,18-19,21-23H2,1-8H3,(H,34,39)(H,35,40)/t27-/m0/s1. The molecule has 0 saturated heterocycles. The first kappa shape index (κ1) is 37.7. The average Bonchev–Trinajstić information content (AvgIpc) is 2.97. The number of alkyl carbamates (subject to hydrolysis) is 2. The molecule has 0 unspecified atom stereocenters. The monoisotopic (exact) mass is 644 g/mol. The number of amides is 4. The summed E-state index contributed by atoms with van der Waals surface area (Å²) in [5.41, 5.74) is 0.202. The molecule has 4 amide bonds.